The number of carbonyl (C=O) groups excluding carboxylic acids is 1. The van der Waals surface area contributed by atoms with Gasteiger partial charge >= 0.3 is 6.03 Å². The maximum absolute atomic E-state index is 12.4. The Labute approximate surface area is 204 Å². The molecule has 2 amide bonds. The predicted octanol–water partition coefficient (Wildman–Crippen LogP) is 5.52. The zero-order valence-corrected chi connectivity index (χ0v) is 20.4. The van der Waals surface area contributed by atoms with E-state index in [4.69, 9.17) is 21.3 Å². The highest BCUT2D eigenvalue weighted by atomic mass is 35.5. The number of carbonyl (C=O) groups is 1. The van der Waals surface area contributed by atoms with Crippen molar-refractivity contribution >= 4 is 34.2 Å². The quantitative estimate of drug-likeness (QED) is 0.427. The molecule has 3 heterocycles. The Morgan fingerprint density at radius 2 is 2.12 bits per heavy atom. The van der Waals surface area contributed by atoms with E-state index in [1.807, 2.05) is 55.3 Å². The van der Waals surface area contributed by atoms with Crippen LogP contribution in [0.25, 0.3) is 10.9 Å². The molecular weight excluding hydrogens is 450 g/mol. The summed E-state index contributed by atoms with van der Waals surface area (Å²) >= 11 is 6.51. The molecule has 4 rings (SSSR count). The summed E-state index contributed by atoms with van der Waals surface area (Å²) < 4.78 is 6.27. The van der Waals surface area contributed by atoms with Crippen LogP contribution in [0.2, 0.25) is 5.02 Å². The first-order valence-electron chi connectivity index (χ1n) is 11.1. The maximum Gasteiger partial charge on any atom is 0.320 e. The number of anilines is 1. The van der Waals surface area contributed by atoms with Gasteiger partial charge in [0.25, 0.3) is 0 Å². The highest BCUT2D eigenvalue weighted by molar-refractivity contribution is 6.31. The van der Waals surface area contributed by atoms with Crippen LogP contribution in [0.15, 0.2) is 61.7 Å². The average molecular weight is 478 g/mol. The van der Waals surface area contributed by atoms with E-state index >= 15 is 0 Å². The van der Waals surface area contributed by atoms with Crippen LogP contribution in [-0.2, 0) is 13.2 Å². The van der Waals surface area contributed by atoms with Gasteiger partial charge in [-0.2, -0.15) is 0 Å². The van der Waals surface area contributed by atoms with Gasteiger partial charge in [-0.3, -0.25) is 4.98 Å². The van der Waals surface area contributed by atoms with E-state index in [1.165, 1.54) is 0 Å². The van der Waals surface area contributed by atoms with Gasteiger partial charge < -0.3 is 19.4 Å². The molecule has 34 heavy (non-hydrogen) atoms. The number of aromatic nitrogens is 2. The SMILES string of the molecule is C=CN(/C=C\C)c1cc(C)nc2c(OCc3c(Cl)cncc3CN3CCN(C)C3=O)cccc12. The Morgan fingerprint density at radius 1 is 1.29 bits per heavy atom. The van der Waals surface area contributed by atoms with Crippen LogP contribution in [0.1, 0.15) is 23.7 Å². The largest absolute Gasteiger partial charge is 0.487 e. The third kappa shape index (κ3) is 4.70. The fraction of sp³-hybridized carbons (Fsp3) is 0.269. The third-order valence-corrected chi connectivity index (χ3v) is 6.15. The number of hydrogen-bond donors (Lipinski definition) is 0. The molecule has 1 aromatic carbocycles. The van der Waals surface area contributed by atoms with E-state index in [-0.39, 0.29) is 12.6 Å². The molecule has 0 bridgehead atoms. The van der Waals surface area contributed by atoms with Crippen LogP contribution < -0.4 is 9.64 Å². The Kier molecular flexibility index (Phi) is 7.03. The first-order valence-corrected chi connectivity index (χ1v) is 11.5. The first-order chi connectivity index (χ1) is 16.4. The van der Waals surface area contributed by atoms with Gasteiger partial charge in [0, 0.05) is 68.1 Å². The normalized spacial score (nSPS) is 13.8. The highest BCUT2D eigenvalue weighted by Gasteiger charge is 2.26. The predicted molar refractivity (Wildman–Crippen MR) is 136 cm³/mol. The number of nitrogens with zero attached hydrogens (tertiary/aromatic N) is 5. The van der Waals surface area contributed by atoms with Gasteiger partial charge in [-0.15, -0.1) is 0 Å². The minimum atomic E-state index is 0.000929. The minimum Gasteiger partial charge on any atom is -0.487 e. The van der Waals surface area contributed by atoms with Crippen molar-refractivity contribution in [3.05, 3.63) is 83.6 Å². The second-order valence-corrected chi connectivity index (χ2v) is 8.59. The van der Waals surface area contributed by atoms with E-state index in [0.717, 1.165) is 33.4 Å². The molecule has 1 aliphatic rings. The lowest BCUT2D eigenvalue weighted by Gasteiger charge is -2.20. The molecule has 0 unspecified atom stereocenters. The lowest BCUT2D eigenvalue weighted by molar-refractivity contribution is 0.196. The molecule has 1 aliphatic heterocycles. The number of halogens is 1. The van der Waals surface area contributed by atoms with Gasteiger partial charge in [0.2, 0.25) is 0 Å². The number of allylic oxidation sites excluding steroid dienone is 1. The van der Waals surface area contributed by atoms with Gasteiger partial charge in [0.1, 0.15) is 17.9 Å². The van der Waals surface area contributed by atoms with Gasteiger partial charge in [-0.1, -0.05) is 36.4 Å². The maximum atomic E-state index is 12.4. The fourth-order valence-corrected chi connectivity index (χ4v) is 4.30. The van der Waals surface area contributed by atoms with E-state index in [0.29, 0.717) is 30.4 Å². The molecule has 176 valence electrons. The molecule has 1 fully saturated rings. The Bertz CT molecular complexity index is 1260. The summed E-state index contributed by atoms with van der Waals surface area (Å²) in [6.07, 6.45) is 9.03. The molecule has 3 aromatic rings. The standard InChI is InChI=1S/C26H28ClN5O2/c1-5-10-31(6-2)23-13-18(3)29-25-20(23)8-7-9-24(25)34-17-21-19(14-28-15-22(21)27)16-32-12-11-30(4)26(32)33/h5-10,13-15H,2,11-12,16-17H2,1,3-4H3/b10-5-. The molecule has 0 saturated carbocycles. The molecule has 2 aromatic heterocycles. The topological polar surface area (TPSA) is 61.8 Å². The molecule has 0 radical (unpaired) electrons. The van der Waals surface area contributed by atoms with Crippen LogP contribution in [-0.4, -0.2) is 45.9 Å². The smallest absolute Gasteiger partial charge is 0.320 e. The van der Waals surface area contributed by atoms with Crippen molar-refractivity contribution in [3.8, 4) is 5.75 Å². The number of amides is 2. The van der Waals surface area contributed by atoms with Gasteiger partial charge in [-0.25, -0.2) is 9.78 Å². The van der Waals surface area contributed by atoms with Gasteiger partial charge in [0.15, 0.2) is 0 Å². The molecule has 0 aliphatic carbocycles. The van der Waals surface area contributed by atoms with Crippen molar-refractivity contribution in [1.29, 1.82) is 0 Å². The van der Waals surface area contributed by atoms with Crippen molar-refractivity contribution in [2.24, 2.45) is 0 Å². The summed E-state index contributed by atoms with van der Waals surface area (Å²) in [6, 6.07) is 7.89. The molecule has 0 atom stereocenters. The lowest BCUT2D eigenvalue weighted by atomic mass is 10.1. The summed E-state index contributed by atoms with van der Waals surface area (Å²) in [4.78, 5) is 26.8. The summed E-state index contributed by atoms with van der Waals surface area (Å²) in [6.45, 7) is 9.90. The second kappa shape index (κ2) is 10.1. The van der Waals surface area contributed by atoms with Crippen LogP contribution in [0, 0.1) is 6.92 Å². The number of likely N-dealkylation sites (N-methyl/N-ethyl adjacent to an activating group) is 1. The van der Waals surface area contributed by atoms with Crippen molar-refractivity contribution in [2.45, 2.75) is 27.0 Å². The number of hydrogen-bond acceptors (Lipinski definition) is 5. The Hall–Kier alpha value is -3.58. The number of ether oxygens (including phenoxy) is 1. The number of urea groups is 1. The van der Waals surface area contributed by atoms with Crippen LogP contribution in [0.4, 0.5) is 10.5 Å². The molecule has 1 saturated heterocycles. The molecule has 8 heteroatoms. The number of para-hydroxylation sites is 1. The van der Waals surface area contributed by atoms with E-state index in [9.17, 15) is 4.79 Å². The van der Waals surface area contributed by atoms with Gasteiger partial charge in [-0.05, 0) is 31.5 Å². The van der Waals surface area contributed by atoms with E-state index in [2.05, 4.69) is 11.6 Å². The zero-order valence-electron chi connectivity index (χ0n) is 19.7. The molecular formula is C26H28ClN5O2. The average Bonchev–Trinajstić information content (AvgIpc) is 3.14. The third-order valence-electron chi connectivity index (χ3n) is 5.82. The first kappa shape index (κ1) is 23.6. The zero-order chi connectivity index (χ0) is 24.2. The minimum absolute atomic E-state index is 0.000929. The number of rotatable bonds is 8. The van der Waals surface area contributed by atoms with Crippen molar-refractivity contribution in [1.82, 2.24) is 19.8 Å². The Balaban J connectivity index is 1.65. The van der Waals surface area contributed by atoms with Gasteiger partial charge in [0.05, 0.1) is 10.7 Å². The second-order valence-electron chi connectivity index (χ2n) is 8.18. The monoisotopic (exact) mass is 477 g/mol. The molecule has 0 spiro atoms. The van der Waals surface area contributed by atoms with E-state index < -0.39 is 0 Å². The lowest BCUT2D eigenvalue weighted by Crippen LogP contribution is -2.29. The van der Waals surface area contributed by atoms with Crippen molar-refractivity contribution in [3.63, 3.8) is 0 Å². The summed E-state index contributed by atoms with van der Waals surface area (Å²) in [7, 11) is 1.80. The number of aryl methyl sites for hydroxylation is 1. The Morgan fingerprint density at radius 3 is 2.82 bits per heavy atom. The number of pyridine rings is 2. The van der Waals surface area contributed by atoms with Crippen LogP contribution >= 0.6 is 11.6 Å². The fourth-order valence-electron chi connectivity index (χ4n) is 4.06. The molecule has 7 nitrogen and oxygen atoms in total. The highest BCUT2D eigenvalue weighted by Crippen LogP contribution is 2.34. The number of fused-ring (bicyclic) bond motifs is 1. The summed E-state index contributed by atoms with van der Waals surface area (Å²) in [5.74, 6) is 0.655. The molecule has 0 N–H and O–H groups in total. The van der Waals surface area contributed by atoms with Crippen LogP contribution in [0.3, 0.4) is 0 Å². The summed E-state index contributed by atoms with van der Waals surface area (Å²) in [5, 5.41) is 1.46. The number of benzene rings is 1. The van der Waals surface area contributed by atoms with Crippen molar-refractivity contribution in [2.75, 3.05) is 25.0 Å². The van der Waals surface area contributed by atoms with E-state index in [1.54, 1.807) is 35.4 Å². The van der Waals surface area contributed by atoms with Crippen LogP contribution in [0.5, 0.6) is 5.75 Å². The van der Waals surface area contributed by atoms with Crippen molar-refractivity contribution < 1.29 is 9.53 Å². The summed E-state index contributed by atoms with van der Waals surface area (Å²) in [5.41, 5.74) is 4.28.